The van der Waals surface area contributed by atoms with Crippen molar-refractivity contribution >= 4 is 6.08 Å². The zero-order valence-corrected chi connectivity index (χ0v) is 12.8. The summed E-state index contributed by atoms with van der Waals surface area (Å²) in [7, 11) is 0. The molecule has 4 N–H and O–H groups in total. The molecule has 2 aromatic rings. The van der Waals surface area contributed by atoms with Gasteiger partial charge in [0.25, 0.3) is 0 Å². The van der Waals surface area contributed by atoms with Crippen molar-refractivity contribution in [3.8, 4) is 23.0 Å². The van der Waals surface area contributed by atoms with Gasteiger partial charge in [0.1, 0.15) is 0 Å². The molecule has 0 saturated carbocycles. The van der Waals surface area contributed by atoms with Crippen LogP contribution in [0.15, 0.2) is 42.5 Å². The number of aliphatic hydroxyl groups is 2. The van der Waals surface area contributed by atoms with Gasteiger partial charge in [0.05, 0.1) is 13.2 Å². The fourth-order valence-electron chi connectivity index (χ4n) is 2.58. The van der Waals surface area contributed by atoms with Crippen molar-refractivity contribution in [1.29, 1.82) is 0 Å². The van der Waals surface area contributed by atoms with Crippen LogP contribution in [0.1, 0.15) is 17.2 Å². The summed E-state index contributed by atoms with van der Waals surface area (Å²) in [5, 5.41) is 37.5. The Labute approximate surface area is 138 Å². The molecule has 0 aromatic heterocycles. The average molecular weight is 330 g/mol. The van der Waals surface area contributed by atoms with Gasteiger partial charge in [-0.05, 0) is 29.8 Å². The Morgan fingerprint density at radius 1 is 0.917 bits per heavy atom. The standard InChI is InChI=1S/C18H18O6/c19-7-1-2-11-3-6-15-16(8-11)23-17(10-20)18(24-15)12-4-5-13(21)14(22)9-12/h1-6,8-9,17-22H,7,10H2/b2-1-. The third-order valence-corrected chi connectivity index (χ3v) is 3.76. The number of phenolic OH excluding ortho intramolecular Hbond substituents is 2. The van der Waals surface area contributed by atoms with Crippen molar-refractivity contribution in [3.05, 3.63) is 53.6 Å². The maximum absolute atomic E-state index is 9.67. The Morgan fingerprint density at radius 3 is 2.46 bits per heavy atom. The van der Waals surface area contributed by atoms with E-state index in [1.807, 2.05) is 6.07 Å². The molecular formula is C18H18O6. The van der Waals surface area contributed by atoms with E-state index in [0.29, 0.717) is 17.1 Å². The zero-order chi connectivity index (χ0) is 17.1. The largest absolute Gasteiger partial charge is 0.504 e. The number of fused-ring (bicyclic) bond motifs is 1. The second-order valence-corrected chi connectivity index (χ2v) is 5.42. The highest BCUT2D eigenvalue weighted by Gasteiger charge is 2.33. The lowest BCUT2D eigenvalue weighted by Gasteiger charge is -2.33. The number of aromatic hydroxyl groups is 2. The average Bonchev–Trinajstić information content (AvgIpc) is 2.61. The highest BCUT2D eigenvalue weighted by molar-refractivity contribution is 5.56. The van der Waals surface area contributed by atoms with E-state index in [0.717, 1.165) is 5.56 Å². The van der Waals surface area contributed by atoms with Gasteiger partial charge in [-0.3, -0.25) is 0 Å². The van der Waals surface area contributed by atoms with Crippen LogP contribution in [0.5, 0.6) is 23.0 Å². The summed E-state index contributed by atoms with van der Waals surface area (Å²) in [6.45, 7) is -0.331. The molecule has 0 radical (unpaired) electrons. The second kappa shape index (κ2) is 6.82. The predicted octanol–water partition coefficient (Wildman–Crippen LogP) is 1.98. The van der Waals surface area contributed by atoms with Crippen molar-refractivity contribution in [2.24, 2.45) is 0 Å². The number of ether oxygens (including phenoxy) is 2. The SMILES string of the molecule is OC/C=C\c1ccc2c(c1)OC(CO)C(c1ccc(O)c(O)c1)O2. The molecule has 2 atom stereocenters. The molecule has 0 bridgehead atoms. The predicted molar refractivity (Wildman–Crippen MR) is 87.2 cm³/mol. The molecule has 1 heterocycles. The van der Waals surface area contributed by atoms with E-state index in [-0.39, 0.29) is 24.7 Å². The summed E-state index contributed by atoms with van der Waals surface area (Å²) < 4.78 is 11.7. The van der Waals surface area contributed by atoms with Crippen molar-refractivity contribution in [3.63, 3.8) is 0 Å². The summed E-state index contributed by atoms with van der Waals surface area (Å²) in [6, 6.07) is 9.67. The normalized spacial score (nSPS) is 19.6. The molecular weight excluding hydrogens is 312 g/mol. The van der Waals surface area contributed by atoms with Crippen LogP contribution in [-0.2, 0) is 0 Å². The Balaban J connectivity index is 1.92. The van der Waals surface area contributed by atoms with E-state index < -0.39 is 12.2 Å². The lowest BCUT2D eigenvalue weighted by Crippen LogP contribution is -2.36. The van der Waals surface area contributed by atoms with Gasteiger partial charge in [-0.25, -0.2) is 0 Å². The van der Waals surface area contributed by atoms with Crippen LogP contribution in [0.2, 0.25) is 0 Å². The third-order valence-electron chi connectivity index (χ3n) is 3.76. The molecule has 1 aliphatic heterocycles. The molecule has 126 valence electrons. The summed E-state index contributed by atoms with van der Waals surface area (Å²) in [6.07, 6.45) is 2.09. The van der Waals surface area contributed by atoms with Crippen molar-refractivity contribution in [2.45, 2.75) is 12.2 Å². The van der Waals surface area contributed by atoms with E-state index in [4.69, 9.17) is 14.6 Å². The first-order valence-electron chi connectivity index (χ1n) is 7.50. The van der Waals surface area contributed by atoms with E-state index >= 15 is 0 Å². The molecule has 6 heteroatoms. The van der Waals surface area contributed by atoms with Gasteiger partial charge >= 0.3 is 0 Å². The van der Waals surface area contributed by atoms with Crippen molar-refractivity contribution < 1.29 is 29.9 Å². The lowest BCUT2D eigenvalue weighted by molar-refractivity contribution is -0.0124. The fourth-order valence-corrected chi connectivity index (χ4v) is 2.58. The maximum atomic E-state index is 9.67. The number of aliphatic hydroxyl groups excluding tert-OH is 2. The summed E-state index contributed by atoms with van der Waals surface area (Å²) >= 11 is 0. The van der Waals surface area contributed by atoms with E-state index in [1.165, 1.54) is 12.1 Å². The molecule has 2 unspecified atom stereocenters. The number of phenols is 2. The van der Waals surface area contributed by atoms with Gasteiger partial charge in [-0.2, -0.15) is 0 Å². The monoisotopic (exact) mass is 330 g/mol. The maximum Gasteiger partial charge on any atom is 0.163 e. The number of hydrogen-bond acceptors (Lipinski definition) is 6. The van der Waals surface area contributed by atoms with Gasteiger partial charge in [-0.1, -0.05) is 24.3 Å². The summed E-state index contributed by atoms with van der Waals surface area (Å²) in [5.41, 5.74) is 1.42. The minimum absolute atomic E-state index is 0.0554. The molecule has 0 amide bonds. The molecule has 1 aliphatic rings. The number of hydrogen-bond donors (Lipinski definition) is 4. The van der Waals surface area contributed by atoms with Crippen LogP contribution in [0.3, 0.4) is 0 Å². The van der Waals surface area contributed by atoms with Crippen LogP contribution in [0.25, 0.3) is 6.08 Å². The lowest BCUT2D eigenvalue weighted by atomic mass is 10.0. The van der Waals surface area contributed by atoms with E-state index in [9.17, 15) is 15.3 Å². The Bertz CT molecular complexity index is 755. The number of benzene rings is 2. The molecule has 3 rings (SSSR count). The molecule has 24 heavy (non-hydrogen) atoms. The first-order valence-corrected chi connectivity index (χ1v) is 7.50. The summed E-state index contributed by atoms with van der Waals surface area (Å²) in [5.74, 6) is 0.520. The number of rotatable bonds is 4. The van der Waals surface area contributed by atoms with Gasteiger partial charge in [0.15, 0.2) is 35.2 Å². The molecule has 6 nitrogen and oxygen atoms in total. The third kappa shape index (κ3) is 3.15. The first kappa shape index (κ1) is 16.2. The Kier molecular flexibility index (Phi) is 4.59. The van der Waals surface area contributed by atoms with E-state index in [1.54, 1.807) is 30.4 Å². The van der Waals surface area contributed by atoms with Gasteiger partial charge in [-0.15, -0.1) is 0 Å². The van der Waals surface area contributed by atoms with Gasteiger partial charge in [0.2, 0.25) is 0 Å². The van der Waals surface area contributed by atoms with Crippen LogP contribution in [0.4, 0.5) is 0 Å². The van der Waals surface area contributed by atoms with Gasteiger partial charge in [0, 0.05) is 5.56 Å². The Morgan fingerprint density at radius 2 is 1.75 bits per heavy atom. The van der Waals surface area contributed by atoms with Crippen LogP contribution >= 0.6 is 0 Å². The molecule has 0 spiro atoms. The topological polar surface area (TPSA) is 99.4 Å². The first-order chi connectivity index (χ1) is 11.6. The second-order valence-electron chi connectivity index (χ2n) is 5.42. The smallest absolute Gasteiger partial charge is 0.163 e. The fraction of sp³-hybridized carbons (Fsp3) is 0.222. The highest BCUT2D eigenvalue weighted by Crippen LogP contribution is 2.41. The molecule has 0 fully saturated rings. The van der Waals surface area contributed by atoms with Gasteiger partial charge < -0.3 is 29.9 Å². The van der Waals surface area contributed by atoms with Crippen LogP contribution < -0.4 is 9.47 Å². The molecule has 0 saturated heterocycles. The zero-order valence-electron chi connectivity index (χ0n) is 12.8. The van der Waals surface area contributed by atoms with Crippen LogP contribution in [-0.4, -0.2) is 39.7 Å². The minimum atomic E-state index is -0.654. The minimum Gasteiger partial charge on any atom is -0.504 e. The van der Waals surface area contributed by atoms with Crippen molar-refractivity contribution in [2.75, 3.05) is 13.2 Å². The van der Waals surface area contributed by atoms with Crippen molar-refractivity contribution in [1.82, 2.24) is 0 Å². The summed E-state index contributed by atoms with van der Waals surface area (Å²) in [4.78, 5) is 0. The quantitative estimate of drug-likeness (QED) is 0.640. The Hall–Kier alpha value is -2.70. The highest BCUT2D eigenvalue weighted by atomic mass is 16.6. The van der Waals surface area contributed by atoms with E-state index in [2.05, 4.69) is 0 Å². The molecule has 0 aliphatic carbocycles. The molecule has 2 aromatic carbocycles. The van der Waals surface area contributed by atoms with Crippen LogP contribution in [0, 0.1) is 0 Å².